The molecule has 3 heterocycles. The minimum absolute atomic E-state index is 0.217. The van der Waals surface area contributed by atoms with Gasteiger partial charge in [-0.1, -0.05) is 36.4 Å². The molecular formula is C24H21N5O5S2. The molecule has 2 aliphatic heterocycles. The fraction of sp³-hybridized carbons (Fsp3) is 0.167. The van der Waals surface area contributed by atoms with Gasteiger partial charge in [0.15, 0.2) is 0 Å². The molecule has 36 heavy (non-hydrogen) atoms. The molecule has 1 N–H and O–H groups in total. The Balaban J connectivity index is 1.40. The molecule has 2 amide bonds. The first-order chi connectivity index (χ1) is 17.4. The van der Waals surface area contributed by atoms with Crippen LogP contribution in [0.5, 0.6) is 11.6 Å². The maximum absolute atomic E-state index is 13.0. The highest BCUT2D eigenvalue weighted by molar-refractivity contribution is 8.18. The molecule has 3 aromatic rings. The molecule has 0 bridgehead atoms. The summed E-state index contributed by atoms with van der Waals surface area (Å²) >= 11 is 0.794. The van der Waals surface area contributed by atoms with Gasteiger partial charge in [0.1, 0.15) is 5.75 Å². The predicted octanol–water partition coefficient (Wildman–Crippen LogP) is 3.10. The van der Waals surface area contributed by atoms with Gasteiger partial charge in [0.05, 0.1) is 15.5 Å². The number of benzene rings is 2. The first-order valence-electron chi connectivity index (χ1n) is 11.1. The summed E-state index contributed by atoms with van der Waals surface area (Å²) in [5, 5.41) is 1.77. The van der Waals surface area contributed by atoms with Crippen LogP contribution in [0.4, 0.5) is 10.7 Å². The van der Waals surface area contributed by atoms with Crippen LogP contribution in [0.25, 0.3) is 6.08 Å². The van der Waals surface area contributed by atoms with Crippen molar-refractivity contribution in [1.82, 2.24) is 19.6 Å². The molecular weight excluding hydrogens is 502 g/mol. The van der Waals surface area contributed by atoms with Crippen LogP contribution < -0.4 is 15.0 Å². The largest absolute Gasteiger partial charge is 0.439 e. The summed E-state index contributed by atoms with van der Waals surface area (Å²) in [4.78, 5) is 35.0. The van der Waals surface area contributed by atoms with Gasteiger partial charge in [0.2, 0.25) is 21.9 Å². The first kappa shape index (κ1) is 24.0. The number of amides is 2. The number of ether oxygens (including phenoxy) is 1. The number of sulfonamides is 1. The Hall–Kier alpha value is -3.74. The van der Waals surface area contributed by atoms with Gasteiger partial charge in [-0.05, 0) is 42.1 Å². The van der Waals surface area contributed by atoms with E-state index in [1.54, 1.807) is 48.5 Å². The molecule has 10 nitrogen and oxygen atoms in total. The molecule has 0 radical (unpaired) electrons. The van der Waals surface area contributed by atoms with Crippen molar-refractivity contribution in [3.63, 3.8) is 0 Å². The molecule has 1 aromatic heterocycles. The number of piperazine rings is 1. The maximum atomic E-state index is 13.0. The van der Waals surface area contributed by atoms with Gasteiger partial charge in [-0.3, -0.25) is 14.9 Å². The fourth-order valence-electron chi connectivity index (χ4n) is 3.73. The number of aromatic nitrogens is 2. The highest BCUT2D eigenvalue weighted by atomic mass is 32.2. The van der Waals surface area contributed by atoms with Crippen molar-refractivity contribution < 1.29 is 22.7 Å². The first-order valence-corrected chi connectivity index (χ1v) is 13.3. The monoisotopic (exact) mass is 523 g/mol. The summed E-state index contributed by atoms with van der Waals surface area (Å²) in [6, 6.07) is 19.0. The van der Waals surface area contributed by atoms with E-state index in [1.165, 1.54) is 10.4 Å². The molecule has 0 saturated carbocycles. The zero-order valence-corrected chi connectivity index (χ0v) is 20.5. The average Bonchev–Trinajstić information content (AvgIpc) is 3.21. The number of nitrogens with zero attached hydrogens (tertiary/aromatic N) is 4. The van der Waals surface area contributed by atoms with Gasteiger partial charge in [0.25, 0.3) is 11.1 Å². The summed E-state index contributed by atoms with van der Waals surface area (Å²) in [6.45, 7) is 1.25. The van der Waals surface area contributed by atoms with E-state index >= 15 is 0 Å². The number of anilines is 1. The zero-order chi connectivity index (χ0) is 25.1. The molecule has 12 heteroatoms. The van der Waals surface area contributed by atoms with Crippen molar-refractivity contribution in [2.45, 2.75) is 4.90 Å². The highest BCUT2D eigenvalue weighted by Gasteiger charge is 2.30. The summed E-state index contributed by atoms with van der Waals surface area (Å²) in [5.41, 5.74) is 0.387. The summed E-state index contributed by atoms with van der Waals surface area (Å²) in [6.07, 6.45) is 1.50. The Morgan fingerprint density at radius 2 is 1.58 bits per heavy atom. The lowest BCUT2D eigenvalue weighted by Gasteiger charge is -2.34. The quantitative estimate of drug-likeness (QED) is 0.486. The standard InChI is InChI=1S/C24H21N5O5S2/c30-22-20(35-24(31)27-22)15-17-16-21(34-18-7-3-1-4-8-18)26-23(25-17)28-11-13-29(14-12-28)36(32,33)19-9-5-2-6-10-19/h1-10,15-16H,11-14H2,(H,27,30,31)/b20-15-. The van der Waals surface area contributed by atoms with Gasteiger partial charge in [-0.25, -0.2) is 13.4 Å². The van der Waals surface area contributed by atoms with Crippen molar-refractivity contribution in [2.24, 2.45) is 0 Å². The maximum Gasteiger partial charge on any atom is 0.290 e. The van der Waals surface area contributed by atoms with Gasteiger partial charge in [-0.15, -0.1) is 0 Å². The molecule has 2 saturated heterocycles. The topological polar surface area (TPSA) is 122 Å². The van der Waals surface area contributed by atoms with Crippen LogP contribution in [0.2, 0.25) is 0 Å². The van der Waals surface area contributed by atoms with Crippen molar-refractivity contribution in [2.75, 3.05) is 31.1 Å². The summed E-state index contributed by atoms with van der Waals surface area (Å²) < 4.78 is 33.3. The van der Waals surface area contributed by atoms with Crippen molar-refractivity contribution in [3.05, 3.63) is 77.3 Å². The minimum Gasteiger partial charge on any atom is -0.439 e. The molecule has 0 spiro atoms. The minimum atomic E-state index is -3.60. The van der Waals surface area contributed by atoms with Crippen molar-refractivity contribution in [3.8, 4) is 11.6 Å². The van der Waals surface area contributed by atoms with E-state index in [1.807, 2.05) is 23.1 Å². The van der Waals surface area contributed by atoms with Crippen LogP contribution in [-0.4, -0.2) is 60.0 Å². The number of carbonyl (C=O) groups is 2. The van der Waals surface area contributed by atoms with Crippen LogP contribution >= 0.6 is 11.8 Å². The lowest BCUT2D eigenvalue weighted by Crippen LogP contribution is -2.49. The number of rotatable bonds is 6. The Bertz CT molecular complexity index is 1420. The molecule has 0 aliphatic carbocycles. The molecule has 2 aromatic carbocycles. The van der Waals surface area contributed by atoms with Gasteiger partial charge >= 0.3 is 0 Å². The molecule has 2 aliphatic rings. The second-order valence-corrected chi connectivity index (χ2v) is 10.9. The normalized spacial score (nSPS) is 17.9. The van der Waals surface area contributed by atoms with Crippen LogP contribution in [0.1, 0.15) is 5.69 Å². The van der Waals surface area contributed by atoms with E-state index in [0.717, 1.165) is 11.8 Å². The molecule has 2 fully saturated rings. The highest BCUT2D eigenvalue weighted by Crippen LogP contribution is 2.28. The molecule has 0 unspecified atom stereocenters. The van der Waals surface area contributed by atoms with E-state index in [9.17, 15) is 18.0 Å². The summed E-state index contributed by atoms with van der Waals surface area (Å²) in [5.74, 6) is 0.673. The van der Waals surface area contributed by atoms with E-state index in [4.69, 9.17) is 4.74 Å². The number of thioether (sulfide) groups is 1. The SMILES string of the molecule is O=C1NC(=O)/C(=C/c2cc(Oc3ccccc3)nc(N3CCN(S(=O)(=O)c4ccccc4)CC3)n2)S1. The second-order valence-electron chi connectivity index (χ2n) is 7.90. The zero-order valence-electron chi connectivity index (χ0n) is 18.9. The molecule has 184 valence electrons. The van der Waals surface area contributed by atoms with Crippen LogP contribution in [0, 0.1) is 0 Å². The lowest BCUT2D eigenvalue weighted by atomic mass is 10.3. The van der Waals surface area contributed by atoms with Gasteiger partial charge < -0.3 is 9.64 Å². The number of carbonyl (C=O) groups excluding carboxylic acids is 2. The third kappa shape index (κ3) is 5.25. The Morgan fingerprint density at radius 3 is 2.22 bits per heavy atom. The molecule has 0 atom stereocenters. The van der Waals surface area contributed by atoms with Crippen LogP contribution in [0.15, 0.2) is 76.5 Å². The van der Waals surface area contributed by atoms with E-state index in [-0.39, 0.29) is 28.8 Å². The van der Waals surface area contributed by atoms with E-state index in [2.05, 4.69) is 15.3 Å². The van der Waals surface area contributed by atoms with Gasteiger partial charge in [0, 0.05) is 32.2 Å². The Labute approximate surface area is 212 Å². The third-order valence-electron chi connectivity index (χ3n) is 5.50. The second kappa shape index (κ2) is 10.1. The average molecular weight is 524 g/mol. The Kier molecular flexibility index (Phi) is 6.72. The van der Waals surface area contributed by atoms with E-state index in [0.29, 0.717) is 30.5 Å². The van der Waals surface area contributed by atoms with Crippen LogP contribution in [0.3, 0.4) is 0 Å². The number of nitrogens with one attached hydrogen (secondary N) is 1. The Morgan fingerprint density at radius 1 is 0.917 bits per heavy atom. The lowest BCUT2D eigenvalue weighted by molar-refractivity contribution is -0.115. The number of hydrogen-bond donors (Lipinski definition) is 1. The van der Waals surface area contributed by atoms with Crippen molar-refractivity contribution >= 4 is 45.0 Å². The fourth-order valence-corrected chi connectivity index (χ4v) is 5.84. The third-order valence-corrected chi connectivity index (χ3v) is 8.22. The van der Waals surface area contributed by atoms with Crippen molar-refractivity contribution in [1.29, 1.82) is 0 Å². The van der Waals surface area contributed by atoms with Gasteiger partial charge in [-0.2, -0.15) is 9.29 Å². The molecule has 5 rings (SSSR count). The number of hydrogen-bond acceptors (Lipinski definition) is 9. The number of para-hydroxylation sites is 1. The van der Waals surface area contributed by atoms with Crippen LogP contribution in [-0.2, 0) is 14.8 Å². The predicted molar refractivity (Wildman–Crippen MR) is 135 cm³/mol. The number of imide groups is 1. The smallest absolute Gasteiger partial charge is 0.290 e. The van der Waals surface area contributed by atoms with E-state index < -0.39 is 21.2 Å². The summed E-state index contributed by atoms with van der Waals surface area (Å²) in [7, 11) is -3.60.